The molecule has 0 N–H and O–H groups in total. The van der Waals surface area contributed by atoms with E-state index in [0.717, 1.165) is 25.3 Å². The maximum Gasteiger partial charge on any atom is 0.0233 e. The van der Waals surface area contributed by atoms with Crippen LogP contribution in [0.25, 0.3) is 0 Å². The van der Waals surface area contributed by atoms with Crippen molar-refractivity contribution in [3.05, 3.63) is 34.9 Å². The number of thiol groups is 1. The third-order valence-electron chi connectivity index (χ3n) is 2.64. The van der Waals surface area contributed by atoms with Crippen LogP contribution in [-0.4, -0.2) is 24.2 Å². The van der Waals surface area contributed by atoms with E-state index in [1.807, 2.05) is 0 Å². The molecule has 0 heterocycles. The van der Waals surface area contributed by atoms with Crippen molar-refractivity contribution in [2.24, 2.45) is 0 Å². The second-order valence-electron chi connectivity index (χ2n) is 4.24. The minimum Gasteiger partial charge on any atom is -0.302 e. The van der Waals surface area contributed by atoms with Crippen molar-refractivity contribution in [1.29, 1.82) is 0 Å². The molecule has 0 aliphatic rings. The van der Waals surface area contributed by atoms with Crippen LogP contribution in [0.5, 0.6) is 0 Å². The van der Waals surface area contributed by atoms with E-state index >= 15 is 0 Å². The number of rotatable bonds is 5. The fourth-order valence-corrected chi connectivity index (χ4v) is 1.88. The molecule has 0 atom stereocenters. The lowest BCUT2D eigenvalue weighted by Crippen LogP contribution is -2.19. The van der Waals surface area contributed by atoms with Gasteiger partial charge in [0.2, 0.25) is 0 Å². The van der Waals surface area contributed by atoms with E-state index < -0.39 is 0 Å². The van der Waals surface area contributed by atoms with E-state index in [-0.39, 0.29) is 0 Å². The summed E-state index contributed by atoms with van der Waals surface area (Å²) in [5.74, 6) is 0.969. The van der Waals surface area contributed by atoms with Gasteiger partial charge >= 0.3 is 0 Å². The molecule has 0 amide bonds. The molecule has 84 valence electrons. The molecule has 2 heteroatoms. The number of benzene rings is 1. The Morgan fingerprint density at radius 2 is 2.00 bits per heavy atom. The summed E-state index contributed by atoms with van der Waals surface area (Å²) in [6, 6.07) is 6.68. The van der Waals surface area contributed by atoms with E-state index in [2.05, 4.69) is 56.6 Å². The van der Waals surface area contributed by atoms with Crippen molar-refractivity contribution in [2.45, 2.75) is 26.8 Å². The molecule has 0 aromatic heterocycles. The Labute approximate surface area is 98.9 Å². The van der Waals surface area contributed by atoms with Gasteiger partial charge in [-0.15, -0.1) is 0 Å². The molecule has 15 heavy (non-hydrogen) atoms. The standard InChI is InChI=1S/C13H21NS/c1-11-5-6-13(12(2)9-11)10-14(3)7-4-8-15/h5-6,9,15H,4,7-8,10H2,1-3H3. The zero-order valence-corrected chi connectivity index (χ0v) is 10.8. The lowest BCUT2D eigenvalue weighted by molar-refractivity contribution is 0.328. The molecule has 0 spiro atoms. The predicted molar refractivity (Wildman–Crippen MR) is 70.7 cm³/mol. The maximum absolute atomic E-state index is 4.23. The van der Waals surface area contributed by atoms with Crippen LogP contribution in [0.2, 0.25) is 0 Å². The van der Waals surface area contributed by atoms with Crippen LogP contribution in [0.1, 0.15) is 23.1 Å². The SMILES string of the molecule is Cc1ccc(CN(C)CCCS)c(C)c1. The van der Waals surface area contributed by atoms with Crippen LogP contribution < -0.4 is 0 Å². The van der Waals surface area contributed by atoms with Gasteiger partial charge in [0, 0.05) is 6.54 Å². The first-order valence-corrected chi connectivity index (χ1v) is 6.12. The van der Waals surface area contributed by atoms with Gasteiger partial charge in [-0.3, -0.25) is 0 Å². The fourth-order valence-electron chi connectivity index (χ4n) is 1.73. The number of nitrogens with zero attached hydrogens (tertiary/aromatic N) is 1. The first-order chi connectivity index (χ1) is 7.13. The highest BCUT2D eigenvalue weighted by atomic mass is 32.1. The highest BCUT2D eigenvalue weighted by Crippen LogP contribution is 2.12. The Balaban J connectivity index is 2.56. The summed E-state index contributed by atoms with van der Waals surface area (Å²) in [5, 5.41) is 0. The summed E-state index contributed by atoms with van der Waals surface area (Å²) in [6.45, 7) is 6.49. The van der Waals surface area contributed by atoms with Crippen LogP contribution in [0, 0.1) is 13.8 Å². The van der Waals surface area contributed by atoms with Gasteiger partial charge < -0.3 is 4.90 Å². The van der Waals surface area contributed by atoms with Gasteiger partial charge in [0.15, 0.2) is 0 Å². The average Bonchev–Trinajstić information content (AvgIpc) is 2.19. The van der Waals surface area contributed by atoms with Gasteiger partial charge in [-0.2, -0.15) is 12.6 Å². The van der Waals surface area contributed by atoms with E-state index in [4.69, 9.17) is 0 Å². The molecule has 0 fully saturated rings. The van der Waals surface area contributed by atoms with Crippen molar-refractivity contribution in [3.8, 4) is 0 Å². The molecule has 0 saturated heterocycles. The molecule has 0 aliphatic heterocycles. The number of hydrogen-bond donors (Lipinski definition) is 1. The summed E-state index contributed by atoms with van der Waals surface area (Å²) in [6.07, 6.45) is 1.16. The van der Waals surface area contributed by atoms with Gasteiger partial charge in [-0.25, -0.2) is 0 Å². The van der Waals surface area contributed by atoms with Crippen LogP contribution in [0.3, 0.4) is 0 Å². The Hall–Kier alpha value is -0.470. The van der Waals surface area contributed by atoms with Gasteiger partial charge in [-0.1, -0.05) is 23.8 Å². The van der Waals surface area contributed by atoms with Crippen LogP contribution in [-0.2, 0) is 6.54 Å². The molecule has 1 nitrogen and oxygen atoms in total. The maximum atomic E-state index is 4.23. The topological polar surface area (TPSA) is 3.24 Å². The lowest BCUT2D eigenvalue weighted by atomic mass is 10.1. The highest BCUT2D eigenvalue weighted by Gasteiger charge is 2.02. The lowest BCUT2D eigenvalue weighted by Gasteiger charge is -2.17. The van der Waals surface area contributed by atoms with E-state index in [0.29, 0.717) is 0 Å². The Kier molecular flexibility index (Phi) is 5.20. The van der Waals surface area contributed by atoms with Crippen molar-refractivity contribution < 1.29 is 0 Å². The summed E-state index contributed by atoms with van der Waals surface area (Å²) in [5.41, 5.74) is 4.17. The fraction of sp³-hybridized carbons (Fsp3) is 0.538. The second-order valence-corrected chi connectivity index (χ2v) is 4.69. The second kappa shape index (κ2) is 6.19. The minimum atomic E-state index is 0.969. The minimum absolute atomic E-state index is 0.969. The molecule has 0 aliphatic carbocycles. The van der Waals surface area contributed by atoms with Gasteiger partial charge in [-0.05, 0) is 50.7 Å². The van der Waals surface area contributed by atoms with Crippen molar-refractivity contribution in [1.82, 2.24) is 4.90 Å². The average molecular weight is 223 g/mol. The molecule has 1 aromatic carbocycles. The molecule has 1 aromatic rings. The summed E-state index contributed by atoms with van der Waals surface area (Å²) >= 11 is 4.23. The first kappa shape index (κ1) is 12.6. The smallest absolute Gasteiger partial charge is 0.0233 e. The molecule has 1 rings (SSSR count). The third kappa shape index (κ3) is 4.27. The Bertz CT molecular complexity index is 309. The van der Waals surface area contributed by atoms with Gasteiger partial charge in [0.25, 0.3) is 0 Å². The summed E-state index contributed by atoms with van der Waals surface area (Å²) in [7, 11) is 2.17. The largest absolute Gasteiger partial charge is 0.302 e. The molecular formula is C13H21NS. The molecule has 0 saturated carbocycles. The van der Waals surface area contributed by atoms with Crippen LogP contribution in [0.15, 0.2) is 18.2 Å². The summed E-state index contributed by atoms with van der Waals surface area (Å²) < 4.78 is 0. The van der Waals surface area contributed by atoms with E-state index in [1.165, 1.54) is 16.7 Å². The first-order valence-electron chi connectivity index (χ1n) is 5.49. The van der Waals surface area contributed by atoms with E-state index in [9.17, 15) is 0 Å². The van der Waals surface area contributed by atoms with Crippen molar-refractivity contribution in [3.63, 3.8) is 0 Å². The van der Waals surface area contributed by atoms with E-state index in [1.54, 1.807) is 0 Å². The van der Waals surface area contributed by atoms with Crippen LogP contribution >= 0.6 is 12.6 Å². The van der Waals surface area contributed by atoms with Gasteiger partial charge in [0.05, 0.1) is 0 Å². The number of hydrogen-bond acceptors (Lipinski definition) is 2. The predicted octanol–water partition coefficient (Wildman–Crippen LogP) is 3.06. The van der Waals surface area contributed by atoms with Gasteiger partial charge in [0.1, 0.15) is 0 Å². The van der Waals surface area contributed by atoms with Crippen LogP contribution in [0.4, 0.5) is 0 Å². The highest BCUT2D eigenvalue weighted by molar-refractivity contribution is 7.80. The quantitative estimate of drug-likeness (QED) is 0.751. The molecule has 0 unspecified atom stereocenters. The molecule has 0 radical (unpaired) electrons. The zero-order valence-electron chi connectivity index (χ0n) is 9.95. The molecule has 0 bridgehead atoms. The summed E-state index contributed by atoms with van der Waals surface area (Å²) in [4.78, 5) is 2.36. The molecular weight excluding hydrogens is 202 g/mol. The monoisotopic (exact) mass is 223 g/mol. The van der Waals surface area contributed by atoms with Crippen molar-refractivity contribution in [2.75, 3.05) is 19.3 Å². The normalized spacial score (nSPS) is 11.0. The zero-order chi connectivity index (χ0) is 11.3. The Morgan fingerprint density at radius 1 is 1.27 bits per heavy atom. The van der Waals surface area contributed by atoms with Crippen molar-refractivity contribution >= 4 is 12.6 Å². The third-order valence-corrected chi connectivity index (χ3v) is 2.95. The number of aryl methyl sites for hydroxylation is 2. The Morgan fingerprint density at radius 3 is 2.60 bits per heavy atom.